The third-order valence-electron chi connectivity index (χ3n) is 0.474. The largest absolute Gasteiger partial charge is 0.396 e. The first kappa shape index (κ1) is 10.9. The van der Waals surface area contributed by atoms with E-state index < -0.39 is 0 Å². The van der Waals surface area contributed by atoms with Gasteiger partial charge in [-0.25, -0.2) is 0 Å². The van der Waals surface area contributed by atoms with Gasteiger partial charge in [-0.05, 0) is 5.41 Å². The summed E-state index contributed by atoms with van der Waals surface area (Å²) in [7, 11) is 0. The van der Waals surface area contributed by atoms with Crippen LogP contribution in [0.2, 0.25) is 0 Å². The van der Waals surface area contributed by atoms with Gasteiger partial charge in [-0.3, -0.25) is 0 Å². The molecule has 0 aromatic heterocycles. The van der Waals surface area contributed by atoms with Gasteiger partial charge < -0.3 is 5.11 Å². The van der Waals surface area contributed by atoms with Gasteiger partial charge in [0, 0.05) is 36.2 Å². The maximum absolute atomic E-state index is 8.40. The molecule has 0 rings (SSSR count). The fraction of sp³-hybridized carbons (Fsp3) is 1.00. The van der Waals surface area contributed by atoms with E-state index in [1.165, 1.54) is 0 Å². The van der Waals surface area contributed by atoms with E-state index in [0.29, 0.717) is 0 Å². The minimum absolute atomic E-state index is 0. The van der Waals surface area contributed by atoms with Crippen LogP contribution < -0.4 is 0 Å². The first-order valence-corrected chi connectivity index (χ1v) is 2.17. The predicted molar refractivity (Wildman–Crippen MR) is 32.3 cm³/mol. The minimum atomic E-state index is 0. The van der Waals surface area contributed by atoms with E-state index in [1.54, 1.807) is 0 Å². The van der Waals surface area contributed by atoms with Gasteiger partial charge in [-0.2, -0.15) is 0 Å². The molecule has 0 spiro atoms. The summed E-state index contributed by atoms with van der Waals surface area (Å²) < 4.78 is 0. The van der Waals surface area contributed by atoms with Crippen LogP contribution in [0.5, 0.6) is 0 Å². The first-order valence-electron chi connectivity index (χ1n) is 2.17. The number of aliphatic hydroxyl groups excluding tert-OH is 1. The number of hydrogen-bond donors (Lipinski definition) is 1. The van der Waals surface area contributed by atoms with Crippen molar-refractivity contribution in [1.82, 2.24) is 0 Å². The second kappa shape index (κ2) is 3.90. The average molecular weight is 111 g/mol. The van der Waals surface area contributed by atoms with E-state index in [1.807, 2.05) is 20.8 Å². The molecule has 1 nitrogen and oxygen atoms in total. The molecule has 0 bridgehead atoms. The molecular formula is C5H12NaO. The zero-order valence-electron chi connectivity index (χ0n) is 5.65. The van der Waals surface area contributed by atoms with Crippen LogP contribution in [-0.2, 0) is 0 Å². The van der Waals surface area contributed by atoms with Crippen molar-refractivity contribution in [3.05, 3.63) is 0 Å². The molecule has 0 aliphatic heterocycles. The fourth-order valence-electron chi connectivity index (χ4n) is 0. The molecule has 0 atom stereocenters. The predicted octanol–water partition coefficient (Wildman–Crippen LogP) is 0.644. The van der Waals surface area contributed by atoms with Gasteiger partial charge in [0.05, 0.1) is 0 Å². The molecular weight excluding hydrogens is 99.0 g/mol. The summed E-state index contributed by atoms with van der Waals surface area (Å²) in [6.45, 7) is 6.25. The van der Waals surface area contributed by atoms with Crippen LogP contribution in [0.15, 0.2) is 0 Å². The molecule has 0 aromatic rings. The molecule has 0 aliphatic carbocycles. The Kier molecular flexibility index (Phi) is 6.05. The topological polar surface area (TPSA) is 20.2 Å². The smallest absolute Gasteiger partial charge is 0.0479 e. The normalized spacial score (nSPS) is 10.3. The van der Waals surface area contributed by atoms with Gasteiger partial charge in [0.2, 0.25) is 0 Å². The van der Waals surface area contributed by atoms with Crippen molar-refractivity contribution in [2.45, 2.75) is 20.8 Å². The minimum Gasteiger partial charge on any atom is -0.396 e. The summed E-state index contributed by atoms with van der Waals surface area (Å²) >= 11 is 0. The van der Waals surface area contributed by atoms with Crippen molar-refractivity contribution in [3.63, 3.8) is 0 Å². The van der Waals surface area contributed by atoms with Crippen molar-refractivity contribution in [2.75, 3.05) is 6.61 Å². The third-order valence-corrected chi connectivity index (χ3v) is 0.474. The molecule has 7 heavy (non-hydrogen) atoms. The number of aliphatic hydroxyl groups is 1. The van der Waals surface area contributed by atoms with Crippen LogP contribution in [0.3, 0.4) is 0 Å². The molecule has 0 aliphatic rings. The van der Waals surface area contributed by atoms with E-state index in [0.717, 1.165) is 0 Å². The van der Waals surface area contributed by atoms with Crippen molar-refractivity contribution in [3.8, 4) is 0 Å². The summed E-state index contributed by atoms with van der Waals surface area (Å²) in [5.41, 5.74) is 0.0972. The molecule has 2 heteroatoms. The summed E-state index contributed by atoms with van der Waals surface area (Å²) in [5, 5.41) is 8.40. The van der Waals surface area contributed by atoms with Gasteiger partial charge in [-0.15, -0.1) is 0 Å². The molecule has 1 radical (unpaired) electrons. The van der Waals surface area contributed by atoms with Crippen molar-refractivity contribution < 1.29 is 5.11 Å². The van der Waals surface area contributed by atoms with E-state index in [-0.39, 0.29) is 41.6 Å². The van der Waals surface area contributed by atoms with Crippen LogP contribution in [-0.4, -0.2) is 41.3 Å². The molecule has 0 heterocycles. The second-order valence-corrected chi connectivity index (χ2v) is 2.72. The third kappa shape index (κ3) is 10.9. The Balaban J connectivity index is 0. The van der Waals surface area contributed by atoms with Crippen LogP contribution >= 0.6 is 0 Å². The average Bonchev–Trinajstić information content (AvgIpc) is 1.35. The number of rotatable bonds is 0. The SMILES string of the molecule is CC(C)(C)CO.[Na]. The first-order chi connectivity index (χ1) is 2.56. The van der Waals surface area contributed by atoms with Gasteiger partial charge in [0.25, 0.3) is 0 Å². The standard InChI is InChI=1S/C5H12O.Na/c1-5(2,3)4-6;/h6H,4H2,1-3H3;. The Morgan fingerprint density at radius 3 is 1.43 bits per heavy atom. The van der Waals surface area contributed by atoms with Crippen LogP contribution in [0.1, 0.15) is 20.8 Å². The molecule has 0 amide bonds. The summed E-state index contributed by atoms with van der Waals surface area (Å²) in [6, 6.07) is 0. The molecule has 0 unspecified atom stereocenters. The zero-order chi connectivity index (χ0) is 5.21. The van der Waals surface area contributed by atoms with E-state index in [9.17, 15) is 0 Å². The summed E-state index contributed by atoms with van der Waals surface area (Å²) in [4.78, 5) is 0. The second-order valence-electron chi connectivity index (χ2n) is 2.72. The maximum atomic E-state index is 8.40. The zero-order valence-corrected chi connectivity index (χ0v) is 7.65. The quantitative estimate of drug-likeness (QED) is 0.455. The Morgan fingerprint density at radius 1 is 1.29 bits per heavy atom. The summed E-state index contributed by atoms with van der Waals surface area (Å²) in [6.07, 6.45) is 0. The molecule has 0 saturated carbocycles. The van der Waals surface area contributed by atoms with Gasteiger partial charge >= 0.3 is 0 Å². The van der Waals surface area contributed by atoms with Crippen molar-refractivity contribution in [2.24, 2.45) is 5.41 Å². The van der Waals surface area contributed by atoms with Gasteiger partial charge in [0.15, 0.2) is 0 Å². The molecule has 0 fully saturated rings. The van der Waals surface area contributed by atoms with Crippen LogP contribution in [0.4, 0.5) is 0 Å². The fourth-order valence-corrected chi connectivity index (χ4v) is 0. The van der Waals surface area contributed by atoms with Gasteiger partial charge in [-0.1, -0.05) is 20.8 Å². The van der Waals surface area contributed by atoms with E-state index >= 15 is 0 Å². The van der Waals surface area contributed by atoms with Gasteiger partial charge in [0.1, 0.15) is 0 Å². The molecule has 0 aromatic carbocycles. The Bertz CT molecular complexity index is 37.8. The molecule has 1 N–H and O–H groups in total. The number of hydrogen-bond acceptors (Lipinski definition) is 1. The Labute approximate surface area is 67.4 Å². The monoisotopic (exact) mass is 111 g/mol. The van der Waals surface area contributed by atoms with Crippen molar-refractivity contribution >= 4 is 29.6 Å². The summed E-state index contributed by atoms with van der Waals surface area (Å²) in [5.74, 6) is 0. The van der Waals surface area contributed by atoms with Crippen LogP contribution in [0.25, 0.3) is 0 Å². The van der Waals surface area contributed by atoms with E-state index in [4.69, 9.17) is 5.11 Å². The Hall–Kier alpha value is 0.960. The van der Waals surface area contributed by atoms with Crippen LogP contribution in [0, 0.1) is 5.41 Å². The Morgan fingerprint density at radius 2 is 1.43 bits per heavy atom. The maximum Gasteiger partial charge on any atom is 0.0479 e. The molecule has 39 valence electrons. The molecule has 0 saturated heterocycles. The van der Waals surface area contributed by atoms with E-state index in [2.05, 4.69) is 0 Å². The van der Waals surface area contributed by atoms with Crippen molar-refractivity contribution in [1.29, 1.82) is 0 Å².